The molecule has 1 unspecified atom stereocenters. The van der Waals surface area contributed by atoms with Crippen LogP contribution in [0.4, 0.5) is 5.69 Å². The van der Waals surface area contributed by atoms with Crippen LogP contribution in [0.2, 0.25) is 10.0 Å². The van der Waals surface area contributed by atoms with Crippen LogP contribution in [0.1, 0.15) is 18.5 Å². The summed E-state index contributed by atoms with van der Waals surface area (Å²) in [5.74, 6) is 0.679. The van der Waals surface area contributed by atoms with Crippen LogP contribution in [0.3, 0.4) is 0 Å². The van der Waals surface area contributed by atoms with E-state index in [0.717, 1.165) is 11.3 Å². The van der Waals surface area contributed by atoms with Crippen LogP contribution >= 0.6 is 23.2 Å². The van der Waals surface area contributed by atoms with Gasteiger partial charge in [0.1, 0.15) is 11.8 Å². The predicted octanol–water partition coefficient (Wildman–Crippen LogP) is 5.07. The van der Waals surface area contributed by atoms with Crippen LogP contribution < -0.4 is 10.1 Å². The lowest BCUT2D eigenvalue weighted by Gasteiger charge is -2.16. The Balaban J connectivity index is 2.06. The molecule has 1 atom stereocenters. The molecule has 0 aliphatic rings. The fourth-order valence-corrected chi connectivity index (χ4v) is 2.46. The van der Waals surface area contributed by atoms with Crippen molar-refractivity contribution in [3.63, 3.8) is 0 Å². The second-order valence-electron chi connectivity index (χ2n) is 4.54. The van der Waals surface area contributed by atoms with E-state index < -0.39 is 0 Å². The molecule has 108 valence electrons. The minimum absolute atomic E-state index is 0.0498. The lowest BCUT2D eigenvalue weighted by molar-refractivity contribution is 0.368. The van der Waals surface area contributed by atoms with Crippen LogP contribution in [0, 0.1) is 11.3 Å². The third-order valence-electron chi connectivity index (χ3n) is 2.93. The number of anilines is 1. The molecule has 0 aromatic heterocycles. The monoisotopic (exact) mass is 320 g/mol. The summed E-state index contributed by atoms with van der Waals surface area (Å²) in [7, 11) is 0. The summed E-state index contributed by atoms with van der Waals surface area (Å²) in [6.07, 6.45) is 0. The molecule has 1 N–H and O–H groups in total. The van der Waals surface area contributed by atoms with Gasteiger partial charge in [-0.1, -0.05) is 35.3 Å². The molecule has 0 spiro atoms. The molecule has 0 aliphatic carbocycles. The van der Waals surface area contributed by atoms with Crippen LogP contribution in [-0.4, -0.2) is 6.61 Å². The number of rotatable bonds is 5. The van der Waals surface area contributed by atoms with Crippen molar-refractivity contribution in [1.29, 1.82) is 5.26 Å². The van der Waals surface area contributed by atoms with Gasteiger partial charge in [0.2, 0.25) is 0 Å². The zero-order valence-electron chi connectivity index (χ0n) is 11.4. The Labute approximate surface area is 134 Å². The molecule has 21 heavy (non-hydrogen) atoms. The van der Waals surface area contributed by atoms with Crippen molar-refractivity contribution in [3.05, 3.63) is 58.1 Å². The van der Waals surface area contributed by atoms with E-state index in [1.165, 1.54) is 0 Å². The molecule has 0 radical (unpaired) electrons. The minimum Gasteiger partial charge on any atom is -0.479 e. The van der Waals surface area contributed by atoms with Crippen LogP contribution in [0.5, 0.6) is 5.75 Å². The van der Waals surface area contributed by atoms with Crippen molar-refractivity contribution >= 4 is 28.9 Å². The molecule has 0 amide bonds. The molecule has 2 aromatic rings. The summed E-state index contributed by atoms with van der Waals surface area (Å²) < 4.78 is 5.22. The lowest BCUT2D eigenvalue weighted by atomic mass is 10.1. The Bertz CT molecular complexity index is 630. The first-order chi connectivity index (χ1) is 10.1. The Hall–Kier alpha value is -1.89. The first kappa shape index (κ1) is 15.5. The van der Waals surface area contributed by atoms with Crippen molar-refractivity contribution in [2.24, 2.45) is 0 Å². The second kappa shape index (κ2) is 7.21. The molecule has 5 heteroatoms. The molecular weight excluding hydrogens is 307 g/mol. The normalized spacial score (nSPS) is 11.5. The van der Waals surface area contributed by atoms with Gasteiger partial charge >= 0.3 is 0 Å². The topological polar surface area (TPSA) is 45.0 Å². The molecule has 2 aromatic carbocycles. The van der Waals surface area contributed by atoms with Crippen molar-refractivity contribution in [3.8, 4) is 11.8 Å². The Morgan fingerprint density at radius 1 is 1.14 bits per heavy atom. The van der Waals surface area contributed by atoms with E-state index >= 15 is 0 Å². The average Bonchev–Trinajstić information content (AvgIpc) is 2.44. The maximum atomic E-state index is 8.47. The van der Waals surface area contributed by atoms with Crippen molar-refractivity contribution in [1.82, 2.24) is 0 Å². The fraction of sp³-hybridized carbons (Fsp3) is 0.188. The summed E-state index contributed by atoms with van der Waals surface area (Å²) in [4.78, 5) is 0. The number of hydrogen-bond donors (Lipinski definition) is 1. The highest BCUT2D eigenvalue weighted by Crippen LogP contribution is 2.26. The SMILES string of the molecule is CC(Nc1cc(Cl)cc(Cl)c1)c1ccc(OCC#N)cc1. The molecule has 2 rings (SSSR count). The van der Waals surface area contributed by atoms with Gasteiger partial charge in [-0.25, -0.2) is 0 Å². The number of nitrogens with one attached hydrogen (secondary N) is 1. The summed E-state index contributed by atoms with van der Waals surface area (Å²) in [6.45, 7) is 2.09. The van der Waals surface area contributed by atoms with Gasteiger partial charge in [-0.2, -0.15) is 5.26 Å². The van der Waals surface area contributed by atoms with E-state index in [-0.39, 0.29) is 12.6 Å². The maximum Gasteiger partial charge on any atom is 0.174 e. The first-order valence-corrected chi connectivity index (χ1v) is 7.16. The second-order valence-corrected chi connectivity index (χ2v) is 5.41. The number of nitriles is 1. The molecule has 3 nitrogen and oxygen atoms in total. The van der Waals surface area contributed by atoms with Crippen LogP contribution in [-0.2, 0) is 0 Å². The molecular formula is C16H14Cl2N2O. The zero-order valence-corrected chi connectivity index (χ0v) is 12.9. The van der Waals surface area contributed by atoms with Gasteiger partial charge in [-0.15, -0.1) is 0 Å². The highest BCUT2D eigenvalue weighted by molar-refractivity contribution is 6.35. The molecule has 0 aliphatic heterocycles. The van der Waals surface area contributed by atoms with Gasteiger partial charge in [0.15, 0.2) is 6.61 Å². The standard InChI is InChI=1S/C16H14Cl2N2O/c1-11(20-15-9-13(17)8-14(18)10-15)12-2-4-16(5-3-12)21-7-6-19/h2-5,8-11,20H,7H2,1H3. The first-order valence-electron chi connectivity index (χ1n) is 6.41. The number of ether oxygens (including phenoxy) is 1. The molecule has 0 saturated carbocycles. The van der Waals surface area contributed by atoms with Gasteiger partial charge < -0.3 is 10.1 Å². The van der Waals surface area contributed by atoms with Gasteiger partial charge in [0.25, 0.3) is 0 Å². The third kappa shape index (κ3) is 4.56. The average molecular weight is 321 g/mol. The van der Waals surface area contributed by atoms with Crippen molar-refractivity contribution in [2.45, 2.75) is 13.0 Å². The van der Waals surface area contributed by atoms with Gasteiger partial charge in [0.05, 0.1) is 0 Å². The van der Waals surface area contributed by atoms with Crippen molar-refractivity contribution < 1.29 is 4.74 Å². The van der Waals surface area contributed by atoms with E-state index in [1.54, 1.807) is 6.07 Å². The summed E-state index contributed by atoms with van der Waals surface area (Å²) in [6, 6.07) is 15.0. The van der Waals surface area contributed by atoms with Crippen LogP contribution in [0.25, 0.3) is 0 Å². The van der Waals surface area contributed by atoms with E-state index in [9.17, 15) is 0 Å². The molecule has 0 bridgehead atoms. The lowest BCUT2D eigenvalue weighted by Crippen LogP contribution is -2.06. The van der Waals surface area contributed by atoms with Crippen LogP contribution in [0.15, 0.2) is 42.5 Å². The highest BCUT2D eigenvalue weighted by atomic mass is 35.5. The fourth-order valence-electron chi connectivity index (χ4n) is 1.94. The molecule has 0 saturated heterocycles. The smallest absolute Gasteiger partial charge is 0.174 e. The quantitative estimate of drug-likeness (QED) is 0.836. The Morgan fingerprint density at radius 3 is 2.33 bits per heavy atom. The van der Waals surface area contributed by atoms with E-state index in [4.69, 9.17) is 33.2 Å². The summed E-state index contributed by atoms with van der Waals surface area (Å²) in [5, 5.41) is 13.0. The van der Waals surface area contributed by atoms with E-state index in [2.05, 4.69) is 5.32 Å². The zero-order chi connectivity index (χ0) is 15.2. The largest absolute Gasteiger partial charge is 0.479 e. The maximum absolute atomic E-state index is 8.47. The summed E-state index contributed by atoms with van der Waals surface area (Å²) in [5.41, 5.74) is 1.96. The minimum atomic E-state index is 0.0498. The van der Waals surface area contributed by atoms with Gasteiger partial charge in [0, 0.05) is 21.8 Å². The van der Waals surface area contributed by atoms with E-state index in [0.29, 0.717) is 15.8 Å². The predicted molar refractivity (Wildman–Crippen MR) is 86.0 cm³/mol. The highest BCUT2D eigenvalue weighted by Gasteiger charge is 2.07. The molecule has 0 fully saturated rings. The van der Waals surface area contributed by atoms with Gasteiger partial charge in [-0.05, 0) is 42.8 Å². The third-order valence-corrected chi connectivity index (χ3v) is 3.37. The number of hydrogen-bond acceptors (Lipinski definition) is 3. The van der Waals surface area contributed by atoms with E-state index in [1.807, 2.05) is 49.4 Å². The number of benzene rings is 2. The summed E-state index contributed by atoms with van der Waals surface area (Å²) >= 11 is 12.0. The molecule has 0 heterocycles. The Kier molecular flexibility index (Phi) is 5.32. The number of halogens is 2. The van der Waals surface area contributed by atoms with Gasteiger partial charge in [-0.3, -0.25) is 0 Å². The van der Waals surface area contributed by atoms with Crippen molar-refractivity contribution in [2.75, 3.05) is 11.9 Å². The Morgan fingerprint density at radius 2 is 1.76 bits per heavy atom. The number of nitrogens with zero attached hydrogens (tertiary/aromatic N) is 1.